The summed E-state index contributed by atoms with van der Waals surface area (Å²) in [6, 6.07) is 9.15. The molecular formula is C15H20N2S. The third kappa shape index (κ3) is 2.73. The molecule has 0 spiro atoms. The van der Waals surface area contributed by atoms with E-state index >= 15 is 0 Å². The fraction of sp³-hybridized carbons (Fsp3) is 0.533. The van der Waals surface area contributed by atoms with E-state index in [-0.39, 0.29) is 0 Å². The number of para-hydroxylation sites is 1. The number of thiazole rings is 1. The lowest BCUT2D eigenvalue weighted by Gasteiger charge is -2.16. The van der Waals surface area contributed by atoms with E-state index in [0.717, 1.165) is 24.4 Å². The molecule has 1 heterocycles. The number of nitrogens with one attached hydrogen (secondary N) is 1. The van der Waals surface area contributed by atoms with Crippen LogP contribution in [0.3, 0.4) is 0 Å². The van der Waals surface area contributed by atoms with Crippen LogP contribution in [-0.2, 0) is 6.42 Å². The van der Waals surface area contributed by atoms with Crippen LogP contribution in [0.4, 0.5) is 0 Å². The Hall–Kier alpha value is -0.930. The Morgan fingerprint density at radius 3 is 2.94 bits per heavy atom. The largest absolute Gasteiger partial charge is 0.314 e. The number of rotatable bonds is 6. The number of benzene rings is 1. The fourth-order valence-corrected chi connectivity index (χ4v) is 3.55. The van der Waals surface area contributed by atoms with E-state index in [0.29, 0.717) is 6.04 Å². The highest BCUT2D eigenvalue weighted by molar-refractivity contribution is 7.18. The van der Waals surface area contributed by atoms with Gasteiger partial charge in [-0.1, -0.05) is 19.1 Å². The van der Waals surface area contributed by atoms with Crippen molar-refractivity contribution in [1.29, 1.82) is 0 Å². The minimum absolute atomic E-state index is 0.710. The number of hydrogen-bond donors (Lipinski definition) is 1. The van der Waals surface area contributed by atoms with Crippen molar-refractivity contribution in [2.45, 2.75) is 38.6 Å². The third-order valence-corrected chi connectivity index (χ3v) is 4.76. The molecule has 0 amide bonds. The van der Waals surface area contributed by atoms with E-state index in [1.807, 2.05) is 11.3 Å². The second kappa shape index (κ2) is 5.37. The number of hydrogen-bond acceptors (Lipinski definition) is 3. The smallest absolute Gasteiger partial charge is 0.0939 e. The summed E-state index contributed by atoms with van der Waals surface area (Å²) in [5.74, 6) is 0.930. The predicted octanol–water partition coefficient (Wildman–Crippen LogP) is 3.62. The summed E-state index contributed by atoms with van der Waals surface area (Å²) in [6.45, 7) is 3.29. The third-order valence-electron chi connectivity index (χ3n) is 3.66. The quantitative estimate of drug-likeness (QED) is 0.858. The highest BCUT2D eigenvalue weighted by Gasteiger charge is 2.30. The van der Waals surface area contributed by atoms with Crippen LogP contribution >= 0.6 is 11.3 Å². The molecule has 0 radical (unpaired) electrons. The summed E-state index contributed by atoms with van der Waals surface area (Å²) >= 11 is 1.85. The minimum atomic E-state index is 0.710. The van der Waals surface area contributed by atoms with Crippen molar-refractivity contribution in [2.75, 3.05) is 6.54 Å². The summed E-state index contributed by atoms with van der Waals surface area (Å²) in [5, 5.41) is 4.92. The van der Waals surface area contributed by atoms with Crippen molar-refractivity contribution in [3.8, 4) is 0 Å². The molecule has 1 aliphatic carbocycles. The summed E-state index contributed by atoms with van der Waals surface area (Å²) in [7, 11) is 0. The lowest BCUT2D eigenvalue weighted by molar-refractivity contribution is 0.446. The van der Waals surface area contributed by atoms with Crippen LogP contribution in [0.2, 0.25) is 0 Å². The van der Waals surface area contributed by atoms with Gasteiger partial charge in [-0.05, 0) is 43.9 Å². The molecule has 18 heavy (non-hydrogen) atoms. The number of aryl methyl sites for hydroxylation is 1. The molecule has 2 aromatic rings. The van der Waals surface area contributed by atoms with Gasteiger partial charge >= 0.3 is 0 Å². The molecule has 0 saturated heterocycles. The van der Waals surface area contributed by atoms with E-state index in [1.54, 1.807) is 0 Å². The molecule has 96 valence electrons. The van der Waals surface area contributed by atoms with Gasteiger partial charge in [0.15, 0.2) is 0 Å². The zero-order chi connectivity index (χ0) is 12.4. The van der Waals surface area contributed by atoms with Crippen molar-refractivity contribution in [2.24, 2.45) is 5.92 Å². The van der Waals surface area contributed by atoms with E-state index in [2.05, 4.69) is 36.5 Å². The Morgan fingerprint density at radius 1 is 1.39 bits per heavy atom. The molecule has 2 nitrogen and oxygen atoms in total. The van der Waals surface area contributed by atoms with Crippen LogP contribution in [0.15, 0.2) is 24.3 Å². The minimum Gasteiger partial charge on any atom is -0.314 e. The Balaban J connectivity index is 1.64. The first-order valence-electron chi connectivity index (χ1n) is 6.94. The zero-order valence-electron chi connectivity index (χ0n) is 10.9. The standard InChI is InChI=1S/C15H20N2S/c1-2-16-12(11-7-8-11)9-10-15-17-13-5-3-4-6-14(13)18-15/h3-6,11-12,16H,2,7-10H2,1H3. The van der Waals surface area contributed by atoms with Crippen molar-refractivity contribution < 1.29 is 0 Å². The van der Waals surface area contributed by atoms with Gasteiger partial charge in [0.05, 0.1) is 15.2 Å². The Bertz CT molecular complexity index is 483. The first-order chi connectivity index (χ1) is 8.86. The van der Waals surface area contributed by atoms with Gasteiger partial charge < -0.3 is 5.32 Å². The summed E-state index contributed by atoms with van der Waals surface area (Å²) in [6.07, 6.45) is 5.18. The second-order valence-electron chi connectivity index (χ2n) is 5.12. The number of aromatic nitrogens is 1. The molecule has 1 atom stereocenters. The molecule has 1 aromatic heterocycles. The van der Waals surface area contributed by atoms with Gasteiger partial charge in [0.25, 0.3) is 0 Å². The van der Waals surface area contributed by atoms with Gasteiger partial charge in [0, 0.05) is 12.5 Å². The summed E-state index contributed by atoms with van der Waals surface area (Å²) < 4.78 is 1.32. The van der Waals surface area contributed by atoms with Gasteiger partial charge in [-0.2, -0.15) is 0 Å². The second-order valence-corrected chi connectivity index (χ2v) is 6.23. The van der Waals surface area contributed by atoms with Crippen molar-refractivity contribution in [3.05, 3.63) is 29.3 Å². The molecule has 1 aromatic carbocycles. The normalized spacial score (nSPS) is 17.2. The summed E-state index contributed by atoms with van der Waals surface area (Å²) in [5.41, 5.74) is 1.16. The first-order valence-corrected chi connectivity index (χ1v) is 7.76. The SMILES string of the molecule is CCNC(CCc1nc2ccccc2s1)C1CC1. The highest BCUT2D eigenvalue weighted by Crippen LogP contribution is 2.35. The monoisotopic (exact) mass is 260 g/mol. The molecule has 1 aliphatic rings. The fourth-order valence-electron chi connectivity index (χ4n) is 2.57. The molecule has 3 rings (SSSR count). The average Bonchev–Trinajstić information content (AvgIpc) is 3.13. The molecule has 3 heteroatoms. The highest BCUT2D eigenvalue weighted by atomic mass is 32.1. The number of nitrogens with zero attached hydrogens (tertiary/aromatic N) is 1. The maximum absolute atomic E-state index is 4.72. The maximum Gasteiger partial charge on any atom is 0.0939 e. The van der Waals surface area contributed by atoms with Crippen LogP contribution in [-0.4, -0.2) is 17.6 Å². The molecule has 1 saturated carbocycles. The van der Waals surface area contributed by atoms with E-state index < -0.39 is 0 Å². The van der Waals surface area contributed by atoms with Gasteiger partial charge in [-0.3, -0.25) is 0 Å². The molecular weight excluding hydrogens is 240 g/mol. The van der Waals surface area contributed by atoms with E-state index in [4.69, 9.17) is 4.98 Å². The van der Waals surface area contributed by atoms with Crippen LogP contribution in [0.25, 0.3) is 10.2 Å². The van der Waals surface area contributed by atoms with Crippen LogP contribution in [0.1, 0.15) is 31.2 Å². The zero-order valence-corrected chi connectivity index (χ0v) is 11.7. The molecule has 0 aliphatic heterocycles. The Kier molecular flexibility index (Phi) is 3.62. The molecule has 0 bridgehead atoms. The van der Waals surface area contributed by atoms with Crippen molar-refractivity contribution in [1.82, 2.24) is 10.3 Å². The molecule has 1 fully saturated rings. The maximum atomic E-state index is 4.72. The van der Waals surface area contributed by atoms with Crippen molar-refractivity contribution >= 4 is 21.6 Å². The van der Waals surface area contributed by atoms with Gasteiger partial charge in [0.1, 0.15) is 0 Å². The van der Waals surface area contributed by atoms with Crippen LogP contribution in [0, 0.1) is 5.92 Å². The summed E-state index contributed by atoms with van der Waals surface area (Å²) in [4.78, 5) is 4.72. The Morgan fingerprint density at radius 2 is 2.22 bits per heavy atom. The van der Waals surface area contributed by atoms with Crippen LogP contribution in [0.5, 0.6) is 0 Å². The Labute approximate surface area is 112 Å². The van der Waals surface area contributed by atoms with Gasteiger partial charge in [-0.25, -0.2) is 4.98 Å². The topological polar surface area (TPSA) is 24.9 Å². The van der Waals surface area contributed by atoms with E-state index in [9.17, 15) is 0 Å². The predicted molar refractivity (Wildman–Crippen MR) is 78.1 cm³/mol. The van der Waals surface area contributed by atoms with Gasteiger partial charge in [-0.15, -0.1) is 11.3 Å². The molecule has 1 unspecified atom stereocenters. The van der Waals surface area contributed by atoms with E-state index in [1.165, 1.54) is 29.0 Å². The lowest BCUT2D eigenvalue weighted by atomic mass is 10.1. The first kappa shape index (κ1) is 12.1. The van der Waals surface area contributed by atoms with Gasteiger partial charge in [0.2, 0.25) is 0 Å². The molecule has 1 N–H and O–H groups in total. The van der Waals surface area contributed by atoms with Crippen LogP contribution < -0.4 is 5.32 Å². The lowest BCUT2D eigenvalue weighted by Crippen LogP contribution is -2.31. The van der Waals surface area contributed by atoms with Crippen molar-refractivity contribution in [3.63, 3.8) is 0 Å². The number of fused-ring (bicyclic) bond motifs is 1. The average molecular weight is 260 g/mol.